The fraction of sp³-hybridized carbons (Fsp3) is 0.214. The molecule has 0 bridgehead atoms. The van der Waals surface area contributed by atoms with Gasteiger partial charge in [-0.25, -0.2) is 9.79 Å². The van der Waals surface area contributed by atoms with Crippen molar-refractivity contribution in [2.45, 2.75) is 6.61 Å². The van der Waals surface area contributed by atoms with E-state index in [0.717, 1.165) is 18.2 Å². The van der Waals surface area contributed by atoms with Crippen LogP contribution >= 0.6 is 0 Å². The number of hydrogen-bond donors (Lipinski definition) is 1. The lowest BCUT2D eigenvalue weighted by atomic mass is 10.2. The number of nitrogens with zero attached hydrogens (tertiary/aromatic N) is 2. The summed E-state index contributed by atoms with van der Waals surface area (Å²) in [6.07, 6.45) is 2.19. The van der Waals surface area contributed by atoms with E-state index in [4.69, 9.17) is 14.6 Å². The van der Waals surface area contributed by atoms with Gasteiger partial charge in [-0.2, -0.15) is 0 Å². The van der Waals surface area contributed by atoms with Gasteiger partial charge in [-0.1, -0.05) is 30.3 Å². The normalized spacial score (nSPS) is 11.5. The molecule has 0 aliphatic carbocycles. The standard InChI is InChI=1S/C14H16N2O4/c1-15-13(14(17)18)9-16-11-20-8-7-19-10-12-5-3-2-4-6-12/h2-6,9,11H,1,7-8,10H2,(H,17,18)/b13-9-,16-11?. The van der Waals surface area contributed by atoms with Crippen LogP contribution in [0.2, 0.25) is 0 Å². The zero-order valence-electron chi connectivity index (χ0n) is 10.9. The summed E-state index contributed by atoms with van der Waals surface area (Å²) in [6, 6.07) is 9.79. The van der Waals surface area contributed by atoms with E-state index in [9.17, 15) is 4.79 Å². The molecule has 0 saturated carbocycles. The molecular formula is C14H16N2O4. The maximum Gasteiger partial charge on any atom is 0.356 e. The van der Waals surface area contributed by atoms with Gasteiger partial charge in [0.2, 0.25) is 0 Å². The first-order valence-corrected chi connectivity index (χ1v) is 5.89. The first-order valence-electron chi connectivity index (χ1n) is 5.89. The zero-order chi connectivity index (χ0) is 14.6. The average molecular weight is 276 g/mol. The Morgan fingerprint density at radius 1 is 1.30 bits per heavy atom. The van der Waals surface area contributed by atoms with Gasteiger partial charge in [-0.15, -0.1) is 0 Å². The Hall–Kier alpha value is -2.47. The summed E-state index contributed by atoms with van der Waals surface area (Å²) in [7, 11) is 0. The molecule has 20 heavy (non-hydrogen) atoms. The monoisotopic (exact) mass is 276 g/mol. The molecule has 6 heteroatoms. The predicted octanol–water partition coefficient (Wildman–Crippen LogP) is 1.87. The molecule has 6 nitrogen and oxygen atoms in total. The highest BCUT2D eigenvalue weighted by molar-refractivity contribution is 5.87. The SMILES string of the molecule is C=N/C(=C\N=COCCOCc1ccccc1)C(=O)O. The number of benzene rings is 1. The number of carboxylic acids is 1. The van der Waals surface area contributed by atoms with Crippen LogP contribution in [0.1, 0.15) is 5.56 Å². The minimum atomic E-state index is -1.19. The maximum absolute atomic E-state index is 10.5. The van der Waals surface area contributed by atoms with Crippen molar-refractivity contribution >= 4 is 19.1 Å². The molecule has 0 spiro atoms. The van der Waals surface area contributed by atoms with Gasteiger partial charge >= 0.3 is 5.97 Å². The molecule has 106 valence electrons. The van der Waals surface area contributed by atoms with Crippen LogP contribution < -0.4 is 0 Å². The highest BCUT2D eigenvalue weighted by Gasteiger charge is 2.01. The van der Waals surface area contributed by atoms with Crippen molar-refractivity contribution < 1.29 is 19.4 Å². The van der Waals surface area contributed by atoms with Crippen molar-refractivity contribution in [1.82, 2.24) is 0 Å². The third-order valence-electron chi connectivity index (χ3n) is 2.18. The first-order chi connectivity index (χ1) is 9.74. The maximum atomic E-state index is 10.5. The predicted molar refractivity (Wildman–Crippen MR) is 75.8 cm³/mol. The van der Waals surface area contributed by atoms with E-state index in [-0.39, 0.29) is 5.70 Å². The second-order valence-electron chi connectivity index (χ2n) is 3.64. The fourth-order valence-electron chi connectivity index (χ4n) is 1.23. The van der Waals surface area contributed by atoms with Gasteiger partial charge in [0.1, 0.15) is 6.61 Å². The summed E-state index contributed by atoms with van der Waals surface area (Å²) in [5, 5.41) is 8.62. The van der Waals surface area contributed by atoms with Crippen LogP contribution in [-0.2, 0) is 20.9 Å². The molecule has 0 unspecified atom stereocenters. The first kappa shape index (κ1) is 15.6. The van der Waals surface area contributed by atoms with Crippen LogP contribution in [-0.4, -0.2) is 37.4 Å². The molecule has 0 saturated heterocycles. The van der Waals surface area contributed by atoms with Crippen molar-refractivity contribution in [3.05, 3.63) is 47.8 Å². The summed E-state index contributed by atoms with van der Waals surface area (Å²) in [5.41, 5.74) is 0.845. The van der Waals surface area contributed by atoms with E-state index in [1.54, 1.807) is 0 Å². The van der Waals surface area contributed by atoms with Gasteiger partial charge < -0.3 is 14.6 Å². The number of aliphatic carboxylic acids is 1. The molecule has 1 rings (SSSR count). The van der Waals surface area contributed by atoms with Crippen LogP contribution in [0.3, 0.4) is 0 Å². The fourth-order valence-corrected chi connectivity index (χ4v) is 1.23. The van der Waals surface area contributed by atoms with E-state index < -0.39 is 5.97 Å². The lowest BCUT2D eigenvalue weighted by molar-refractivity contribution is -0.132. The second kappa shape index (κ2) is 9.46. The lowest BCUT2D eigenvalue weighted by Gasteiger charge is -2.03. The number of ether oxygens (including phenoxy) is 2. The number of carbonyl (C=O) groups is 1. The number of carboxylic acid groups (broad SMARTS) is 1. The summed E-state index contributed by atoms with van der Waals surface area (Å²) < 4.78 is 10.4. The number of hydrogen-bond acceptors (Lipinski definition) is 5. The van der Waals surface area contributed by atoms with Gasteiger partial charge in [0.25, 0.3) is 0 Å². The van der Waals surface area contributed by atoms with Crippen LogP contribution in [0.25, 0.3) is 0 Å². The highest BCUT2D eigenvalue weighted by Crippen LogP contribution is 2.00. The molecule has 0 amide bonds. The summed E-state index contributed by atoms with van der Waals surface area (Å²) in [5.74, 6) is -1.19. The van der Waals surface area contributed by atoms with E-state index in [1.165, 1.54) is 0 Å². The minimum Gasteiger partial charge on any atom is -0.481 e. The Labute approximate surface area is 117 Å². The topological polar surface area (TPSA) is 80.5 Å². The second-order valence-corrected chi connectivity index (χ2v) is 3.64. The van der Waals surface area contributed by atoms with Crippen molar-refractivity contribution in [3.63, 3.8) is 0 Å². The Bertz CT molecular complexity index is 483. The van der Waals surface area contributed by atoms with Gasteiger partial charge in [-0.05, 0) is 12.3 Å². The van der Waals surface area contributed by atoms with Gasteiger partial charge in [-0.3, -0.25) is 4.99 Å². The smallest absolute Gasteiger partial charge is 0.356 e. The third kappa shape index (κ3) is 6.46. The van der Waals surface area contributed by atoms with E-state index in [0.29, 0.717) is 19.8 Å². The molecule has 0 aromatic heterocycles. The molecule has 0 fully saturated rings. The Morgan fingerprint density at radius 2 is 2.05 bits per heavy atom. The average Bonchev–Trinajstić information content (AvgIpc) is 2.46. The zero-order valence-corrected chi connectivity index (χ0v) is 10.9. The number of rotatable bonds is 9. The van der Waals surface area contributed by atoms with E-state index in [2.05, 4.69) is 16.7 Å². The number of aliphatic imine (C=N–C) groups is 2. The van der Waals surface area contributed by atoms with Crippen LogP contribution in [0.15, 0.2) is 52.2 Å². The van der Waals surface area contributed by atoms with Crippen LogP contribution in [0.4, 0.5) is 0 Å². The molecule has 1 aromatic carbocycles. The quantitative estimate of drug-likeness (QED) is 0.323. The Balaban J connectivity index is 2.13. The van der Waals surface area contributed by atoms with Gasteiger partial charge in [0.05, 0.1) is 19.4 Å². The highest BCUT2D eigenvalue weighted by atomic mass is 16.5. The summed E-state index contributed by atoms with van der Waals surface area (Å²) >= 11 is 0. The van der Waals surface area contributed by atoms with Crippen LogP contribution in [0, 0.1) is 0 Å². The molecule has 0 aliphatic heterocycles. The lowest BCUT2D eigenvalue weighted by Crippen LogP contribution is -2.03. The molecular weight excluding hydrogens is 260 g/mol. The summed E-state index contributed by atoms with van der Waals surface area (Å²) in [4.78, 5) is 17.5. The molecule has 1 aromatic rings. The largest absolute Gasteiger partial charge is 0.481 e. The van der Waals surface area contributed by atoms with E-state index >= 15 is 0 Å². The minimum absolute atomic E-state index is 0.245. The van der Waals surface area contributed by atoms with Gasteiger partial charge in [0, 0.05) is 0 Å². The molecule has 1 N–H and O–H groups in total. The molecule has 0 radical (unpaired) electrons. The summed E-state index contributed by atoms with van der Waals surface area (Å²) in [6.45, 7) is 4.38. The third-order valence-corrected chi connectivity index (χ3v) is 2.18. The van der Waals surface area contributed by atoms with Crippen molar-refractivity contribution in [2.75, 3.05) is 13.2 Å². The van der Waals surface area contributed by atoms with Crippen molar-refractivity contribution in [2.24, 2.45) is 9.98 Å². The molecule has 0 atom stereocenters. The van der Waals surface area contributed by atoms with Crippen molar-refractivity contribution in [1.29, 1.82) is 0 Å². The Morgan fingerprint density at radius 3 is 2.70 bits per heavy atom. The molecule has 0 heterocycles. The van der Waals surface area contributed by atoms with Crippen molar-refractivity contribution in [3.8, 4) is 0 Å². The van der Waals surface area contributed by atoms with E-state index in [1.807, 2.05) is 30.3 Å². The van der Waals surface area contributed by atoms with Gasteiger partial charge in [0.15, 0.2) is 12.1 Å². The Kier molecular flexibility index (Phi) is 7.37. The van der Waals surface area contributed by atoms with Crippen LogP contribution in [0.5, 0.6) is 0 Å². The molecule has 0 aliphatic rings.